The third-order valence-corrected chi connectivity index (χ3v) is 4.72. The van der Waals surface area contributed by atoms with Crippen LogP contribution in [0.15, 0.2) is 41.2 Å². The van der Waals surface area contributed by atoms with Gasteiger partial charge in [-0.1, -0.05) is 0 Å². The van der Waals surface area contributed by atoms with Crippen LogP contribution in [0.25, 0.3) is 5.69 Å². The topological polar surface area (TPSA) is 123 Å². The predicted octanol–water partition coefficient (Wildman–Crippen LogP) is 1.48. The summed E-state index contributed by atoms with van der Waals surface area (Å²) in [5.74, 6) is -0.750. The monoisotopic (exact) mass is 390 g/mol. The van der Waals surface area contributed by atoms with Crippen LogP contribution in [0.4, 0.5) is 17.5 Å². The van der Waals surface area contributed by atoms with E-state index >= 15 is 0 Å². The Bertz CT molecular complexity index is 1210. The molecule has 0 saturated carbocycles. The first kappa shape index (κ1) is 18.4. The highest BCUT2D eigenvalue weighted by Crippen LogP contribution is 2.25. The highest BCUT2D eigenvalue weighted by atomic mass is 16.2. The smallest absolute Gasteiger partial charge is 0.262 e. The van der Waals surface area contributed by atoms with Crippen LogP contribution in [0.1, 0.15) is 32.1 Å². The molecule has 9 heteroatoms. The number of pyridine rings is 1. The van der Waals surface area contributed by atoms with Gasteiger partial charge in [0.2, 0.25) is 5.95 Å². The van der Waals surface area contributed by atoms with Gasteiger partial charge in [-0.3, -0.25) is 24.3 Å². The van der Waals surface area contributed by atoms with Gasteiger partial charge in [-0.15, -0.1) is 0 Å². The van der Waals surface area contributed by atoms with E-state index in [-0.39, 0.29) is 16.9 Å². The van der Waals surface area contributed by atoms with Crippen molar-refractivity contribution >= 4 is 29.3 Å². The fourth-order valence-electron chi connectivity index (χ4n) is 3.34. The van der Waals surface area contributed by atoms with E-state index in [0.717, 1.165) is 23.1 Å². The number of aromatic nitrogens is 3. The first-order valence-electron chi connectivity index (χ1n) is 8.84. The summed E-state index contributed by atoms with van der Waals surface area (Å²) in [6.07, 6.45) is 0. The van der Waals surface area contributed by atoms with Crippen molar-refractivity contribution in [1.29, 1.82) is 0 Å². The molecule has 2 aromatic heterocycles. The van der Waals surface area contributed by atoms with Crippen molar-refractivity contribution in [2.75, 3.05) is 17.7 Å². The number of nitrogens with one attached hydrogen (secondary N) is 1. The SMILES string of the molecule is Cc1cc(C)nc(N(C)c2ccc(-n3c(N)c4c(cc3=O)C(=O)NC4=O)cc2)n1. The number of nitrogen functional groups attached to an aromatic ring is 1. The first-order valence-corrected chi connectivity index (χ1v) is 8.84. The van der Waals surface area contributed by atoms with Gasteiger partial charge in [0.1, 0.15) is 5.82 Å². The molecule has 0 aliphatic carbocycles. The minimum atomic E-state index is -0.619. The number of aryl methyl sites for hydroxylation is 2. The number of carbonyl (C=O) groups is 2. The number of carbonyl (C=O) groups excluding carboxylic acids is 2. The molecule has 1 aromatic carbocycles. The van der Waals surface area contributed by atoms with Gasteiger partial charge in [0.25, 0.3) is 17.4 Å². The third-order valence-electron chi connectivity index (χ3n) is 4.72. The molecule has 0 radical (unpaired) electrons. The number of imide groups is 1. The van der Waals surface area contributed by atoms with E-state index in [2.05, 4.69) is 15.3 Å². The second-order valence-electron chi connectivity index (χ2n) is 6.80. The van der Waals surface area contributed by atoms with Crippen LogP contribution in [0, 0.1) is 13.8 Å². The average molecular weight is 390 g/mol. The van der Waals surface area contributed by atoms with E-state index in [0.29, 0.717) is 11.6 Å². The summed E-state index contributed by atoms with van der Waals surface area (Å²) in [7, 11) is 1.84. The van der Waals surface area contributed by atoms with Crippen LogP contribution in [-0.4, -0.2) is 33.4 Å². The number of fused-ring (bicyclic) bond motifs is 1. The van der Waals surface area contributed by atoms with Gasteiger partial charge in [-0.05, 0) is 44.2 Å². The summed E-state index contributed by atoms with van der Waals surface area (Å²) in [6.45, 7) is 3.80. The number of anilines is 3. The Morgan fingerprint density at radius 1 is 0.966 bits per heavy atom. The normalized spacial score (nSPS) is 12.7. The molecule has 0 atom stereocenters. The zero-order valence-corrected chi connectivity index (χ0v) is 16.1. The lowest BCUT2D eigenvalue weighted by Gasteiger charge is -2.19. The lowest BCUT2D eigenvalue weighted by Crippen LogP contribution is -2.24. The summed E-state index contributed by atoms with van der Waals surface area (Å²) in [6, 6.07) is 10.0. The molecule has 2 amide bonds. The maximum Gasteiger partial charge on any atom is 0.262 e. The molecule has 3 aromatic rings. The first-order chi connectivity index (χ1) is 13.8. The maximum atomic E-state index is 12.5. The van der Waals surface area contributed by atoms with Crippen molar-refractivity contribution in [3.05, 3.63) is 69.3 Å². The lowest BCUT2D eigenvalue weighted by atomic mass is 10.1. The largest absolute Gasteiger partial charge is 0.384 e. The quantitative estimate of drug-likeness (QED) is 0.649. The number of nitrogens with two attached hydrogens (primary N) is 1. The van der Waals surface area contributed by atoms with Crippen LogP contribution in [0.3, 0.4) is 0 Å². The van der Waals surface area contributed by atoms with Crippen LogP contribution >= 0.6 is 0 Å². The molecule has 0 saturated heterocycles. The zero-order chi connectivity index (χ0) is 20.9. The minimum Gasteiger partial charge on any atom is -0.384 e. The summed E-state index contributed by atoms with van der Waals surface area (Å²) in [4.78, 5) is 47.0. The predicted molar refractivity (Wildman–Crippen MR) is 108 cm³/mol. The van der Waals surface area contributed by atoms with E-state index < -0.39 is 17.4 Å². The molecular weight excluding hydrogens is 372 g/mol. The van der Waals surface area contributed by atoms with Gasteiger partial charge < -0.3 is 10.6 Å². The molecule has 0 fully saturated rings. The van der Waals surface area contributed by atoms with E-state index in [1.807, 2.05) is 31.9 Å². The number of rotatable bonds is 3. The van der Waals surface area contributed by atoms with E-state index in [4.69, 9.17) is 5.73 Å². The number of hydrogen-bond acceptors (Lipinski definition) is 7. The zero-order valence-electron chi connectivity index (χ0n) is 16.1. The highest BCUT2D eigenvalue weighted by Gasteiger charge is 2.31. The Balaban J connectivity index is 1.74. The van der Waals surface area contributed by atoms with Crippen LogP contribution in [0.5, 0.6) is 0 Å². The Kier molecular flexibility index (Phi) is 4.15. The van der Waals surface area contributed by atoms with Crippen molar-refractivity contribution < 1.29 is 9.59 Å². The highest BCUT2D eigenvalue weighted by molar-refractivity contribution is 6.23. The lowest BCUT2D eigenvalue weighted by molar-refractivity contribution is 0.0880. The van der Waals surface area contributed by atoms with Crippen molar-refractivity contribution in [3.8, 4) is 5.69 Å². The molecule has 0 unspecified atom stereocenters. The molecule has 146 valence electrons. The third kappa shape index (κ3) is 3.02. The molecule has 29 heavy (non-hydrogen) atoms. The number of benzene rings is 1. The van der Waals surface area contributed by atoms with Gasteiger partial charge in [0.15, 0.2) is 0 Å². The fraction of sp³-hybridized carbons (Fsp3) is 0.150. The second-order valence-corrected chi connectivity index (χ2v) is 6.80. The molecule has 0 spiro atoms. The van der Waals surface area contributed by atoms with Crippen molar-refractivity contribution in [2.45, 2.75) is 13.8 Å². The van der Waals surface area contributed by atoms with Crippen molar-refractivity contribution in [2.24, 2.45) is 0 Å². The van der Waals surface area contributed by atoms with Gasteiger partial charge in [0.05, 0.1) is 16.8 Å². The maximum absolute atomic E-state index is 12.5. The van der Waals surface area contributed by atoms with Gasteiger partial charge >= 0.3 is 0 Å². The van der Waals surface area contributed by atoms with Crippen LogP contribution in [0.2, 0.25) is 0 Å². The Morgan fingerprint density at radius 2 is 1.59 bits per heavy atom. The van der Waals surface area contributed by atoms with Gasteiger partial charge in [0, 0.05) is 30.2 Å². The number of amides is 2. The van der Waals surface area contributed by atoms with Gasteiger partial charge in [-0.25, -0.2) is 9.97 Å². The minimum absolute atomic E-state index is 0.00271. The second kappa shape index (κ2) is 6.55. The van der Waals surface area contributed by atoms with Gasteiger partial charge in [-0.2, -0.15) is 0 Å². The van der Waals surface area contributed by atoms with E-state index in [1.165, 1.54) is 4.57 Å². The molecule has 3 heterocycles. The van der Waals surface area contributed by atoms with Crippen molar-refractivity contribution in [1.82, 2.24) is 19.9 Å². The Morgan fingerprint density at radius 3 is 2.21 bits per heavy atom. The van der Waals surface area contributed by atoms with Crippen molar-refractivity contribution in [3.63, 3.8) is 0 Å². The Labute approximate surface area is 165 Å². The summed E-state index contributed by atoms with van der Waals surface area (Å²) < 4.78 is 1.20. The fourth-order valence-corrected chi connectivity index (χ4v) is 3.34. The molecular formula is C20H18N6O3. The summed E-state index contributed by atoms with van der Waals surface area (Å²) in [5, 5.41) is 2.15. The molecule has 3 N–H and O–H groups in total. The number of nitrogens with zero attached hydrogens (tertiary/aromatic N) is 4. The molecule has 1 aliphatic heterocycles. The summed E-state index contributed by atoms with van der Waals surface area (Å²) >= 11 is 0. The molecule has 1 aliphatic rings. The van der Waals surface area contributed by atoms with Crippen LogP contribution in [-0.2, 0) is 0 Å². The van der Waals surface area contributed by atoms with Crippen LogP contribution < -0.4 is 21.5 Å². The number of hydrogen-bond donors (Lipinski definition) is 2. The van der Waals surface area contributed by atoms with E-state index in [9.17, 15) is 14.4 Å². The average Bonchev–Trinajstić information content (AvgIpc) is 2.94. The Hall–Kier alpha value is -4.01. The standard InChI is InChI=1S/C20H18N6O3/c1-10-8-11(2)23-20(22-10)25(3)12-4-6-13(7-5-12)26-15(27)9-14-16(17(26)21)19(29)24-18(14)28/h4-9H,21H2,1-3H3,(H,24,28,29). The van der Waals surface area contributed by atoms with E-state index in [1.54, 1.807) is 24.3 Å². The molecule has 4 rings (SSSR count). The molecule has 9 nitrogen and oxygen atoms in total. The molecule has 0 bridgehead atoms. The summed E-state index contributed by atoms with van der Waals surface area (Å²) in [5.41, 5.74) is 8.58.